The number of hydrogen-bond donors (Lipinski definition) is 2. The van der Waals surface area contributed by atoms with Crippen LogP contribution in [0.1, 0.15) is 54.4 Å². The highest BCUT2D eigenvalue weighted by atomic mass is 16.5. The van der Waals surface area contributed by atoms with E-state index in [1.165, 1.54) is 6.42 Å². The minimum absolute atomic E-state index is 0.390. The number of rotatable bonds is 10. The van der Waals surface area contributed by atoms with Crippen LogP contribution in [0.5, 0.6) is 0 Å². The van der Waals surface area contributed by atoms with E-state index in [9.17, 15) is 5.11 Å². The first-order valence-corrected chi connectivity index (χ1v) is 8.16. The maximum absolute atomic E-state index is 9.86. The Morgan fingerprint density at radius 1 is 1.15 bits per heavy atom. The van der Waals surface area contributed by atoms with Crippen LogP contribution < -0.4 is 5.32 Å². The standard InChI is InChI=1S/C17H35NO2/c1-13(2)8-7-9-20-12-14(19)10-18-11-15-16(3,4)17(15,5)6/h13-15,18-19H,7-12H2,1-6H3. The molecule has 0 amide bonds. The third-order valence-corrected chi connectivity index (χ3v) is 5.43. The second kappa shape index (κ2) is 7.24. The largest absolute Gasteiger partial charge is 0.389 e. The fourth-order valence-corrected chi connectivity index (χ4v) is 3.11. The summed E-state index contributed by atoms with van der Waals surface area (Å²) in [6.45, 7) is 16.6. The molecule has 0 bridgehead atoms. The molecule has 0 aromatic rings. The van der Waals surface area contributed by atoms with E-state index in [0.717, 1.165) is 25.5 Å². The lowest BCUT2D eigenvalue weighted by Crippen LogP contribution is -2.32. The van der Waals surface area contributed by atoms with E-state index in [1.807, 2.05) is 0 Å². The second-order valence-electron chi connectivity index (χ2n) is 7.92. The zero-order valence-corrected chi connectivity index (χ0v) is 14.3. The topological polar surface area (TPSA) is 41.5 Å². The zero-order chi connectivity index (χ0) is 15.4. The molecule has 1 atom stereocenters. The molecule has 1 unspecified atom stereocenters. The van der Waals surface area contributed by atoms with Gasteiger partial charge in [0.05, 0.1) is 12.7 Å². The molecule has 2 N–H and O–H groups in total. The number of aliphatic hydroxyl groups excluding tert-OH is 1. The Morgan fingerprint density at radius 2 is 1.75 bits per heavy atom. The molecule has 0 aliphatic heterocycles. The maximum atomic E-state index is 9.86. The fourth-order valence-electron chi connectivity index (χ4n) is 3.11. The Labute approximate surface area is 125 Å². The molecule has 0 radical (unpaired) electrons. The van der Waals surface area contributed by atoms with Crippen molar-refractivity contribution in [1.82, 2.24) is 5.32 Å². The number of nitrogens with one attached hydrogen (secondary N) is 1. The molecule has 1 aliphatic carbocycles. The van der Waals surface area contributed by atoms with Gasteiger partial charge in [-0.05, 0) is 42.1 Å². The molecule has 120 valence electrons. The monoisotopic (exact) mass is 285 g/mol. The van der Waals surface area contributed by atoms with Crippen LogP contribution in [-0.4, -0.2) is 37.5 Å². The van der Waals surface area contributed by atoms with Crippen LogP contribution in [0.25, 0.3) is 0 Å². The van der Waals surface area contributed by atoms with E-state index in [2.05, 4.69) is 46.9 Å². The summed E-state index contributed by atoms with van der Waals surface area (Å²) >= 11 is 0. The summed E-state index contributed by atoms with van der Waals surface area (Å²) in [5, 5.41) is 13.3. The first kappa shape index (κ1) is 17.9. The van der Waals surface area contributed by atoms with Gasteiger partial charge in [-0.15, -0.1) is 0 Å². The first-order chi connectivity index (χ1) is 9.19. The third kappa shape index (κ3) is 4.71. The van der Waals surface area contributed by atoms with E-state index in [1.54, 1.807) is 0 Å². The van der Waals surface area contributed by atoms with Crippen molar-refractivity contribution in [3.63, 3.8) is 0 Å². The van der Waals surface area contributed by atoms with E-state index in [0.29, 0.717) is 29.9 Å². The zero-order valence-electron chi connectivity index (χ0n) is 14.3. The minimum atomic E-state index is -0.390. The molecule has 0 aromatic carbocycles. The summed E-state index contributed by atoms with van der Waals surface area (Å²) in [5.41, 5.74) is 0.830. The van der Waals surface area contributed by atoms with Crippen molar-refractivity contribution in [2.24, 2.45) is 22.7 Å². The van der Waals surface area contributed by atoms with Crippen LogP contribution in [0.4, 0.5) is 0 Å². The average Bonchev–Trinajstić information content (AvgIpc) is 2.70. The van der Waals surface area contributed by atoms with Gasteiger partial charge in [-0.1, -0.05) is 41.5 Å². The van der Waals surface area contributed by atoms with Crippen LogP contribution in [0.2, 0.25) is 0 Å². The van der Waals surface area contributed by atoms with Crippen molar-refractivity contribution in [2.75, 3.05) is 26.3 Å². The number of aliphatic hydroxyl groups is 1. The average molecular weight is 285 g/mol. The molecule has 1 aliphatic rings. The van der Waals surface area contributed by atoms with Gasteiger partial charge in [-0.3, -0.25) is 0 Å². The second-order valence-corrected chi connectivity index (χ2v) is 7.92. The summed E-state index contributed by atoms with van der Waals surface area (Å²) in [7, 11) is 0. The molecule has 3 nitrogen and oxygen atoms in total. The van der Waals surface area contributed by atoms with Crippen molar-refractivity contribution in [3.05, 3.63) is 0 Å². The molecule has 0 spiro atoms. The summed E-state index contributed by atoms with van der Waals surface area (Å²) in [6, 6.07) is 0. The summed E-state index contributed by atoms with van der Waals surface area (Å²) < 4.78 is 5.51. The molecule has 0 saturated heterocycles. The van der Waals surface area contributed by atoms with Crippen LogP contribution >= 0.6 is 0 Å². The molecular formula is C17H35NO2. The molecule has 20 heavy (non-hydrogen) atoms. The predicted molar refractivity (Wildman–Crippen MR) is 84.8 cm³/mol. The highest BCUT2D eigenvalue weighted by molar-refractivity contribution is 5.12. The SMILES string of the molecule is CC(C)CCCOCC(O)CNCC1C(C)(C)C1(C)C. The molecule has 1 fully saturated rings. The molecule has 0 aromatic heterocycles. The van der Waals surface area contributed by atoms with E-state index in [-0.39, 0.29) is 6.10 Å². The lowest BCUT2D eigenvalue weighted by Gasteiger charge is -2.13. The number of hydrogen-bond acceptors (Lipinski definition) is 3. The first-order valence-electron chi connectivity index (χ1n) is 8.16. The highest BCUT2D eigenvalue weighted by Crippen LogP contribution is 2.67. The fraction of sp³-hybridized carbons (Fsp3) is 1.00. The van der Waals surface area contributed by atoms with Gasteiger partial charge in [0.15, 0.2) is 0 Å². The van der Waals surface area contributed by atoms with Gasteiger partial charge in [0.25, 0.3) is 0 Å². The van der Waals surface area contributed by atoms with Crippen LogP contribution in [0.15, 0.2) is 0 Å². The Kier molecular flexibility index (Phi) is 6.49. The quantitative estimate of drug-likeness (QED) is 0.606. The van der Waals surface area contributed by atoms with Gasteiger partial charge in [0, 0.05) is 13.2 Å². The smallest absolute Gasteiger partial charge is 0.0897 e. The van der Waals surface area contributed by atoms with Crippen LogP contribution in [-0.2, 0) is 4.74 Å². The maximum Gasteiger partial charge on any atom is 0.0897 e. The van der Waals surface area contributed by atoms with Gasteiger partial charge >= 0.3 is 0 Å². The summed E-state index contributed by atoms with van der Waals surface area (Å²) in [4.78, 5) is 0. The third-order valence-electron chi connectivity index (χ3n) is 5.43. The van der Waals surface area contributed by atoms with Crippen LogP contribution in [0, 0.1) is 22.7 Å². The number of ether oxygens (including phenoxy) is 1. The Hall–Kier alpha value is -0.120. The molecule has 0 heterocycles. The lowest BCUT2D eigenvalue weighted by atomic mass is 10.0. The minimum Gasteiger partial charge on any atom is -0.389 e. The van der Waals surface area contributed by atoms with Gasteiger partial charge in [0.2, 0.25) is 0 Å². The Bertz CT molecular complexity index is 273. The van der Waals surface area contributed by atoms with Gasteiger partial charge in [-0.25, -0.2) is 0 Å². The lowest BCUT2D eigenvalue weighted by molar-refractivity contribution is 0.0346. The molecule has 1 rings (SSSR count). The van der Waals surface area contributed by atoms with E-state index < -0.39 is 0 Å². The van der Waals surface area contributed by atoms with Crippen LogP contribution in [0.3, 0.4) is 0 Å². The van der Waals surface area contributed by atoms with Crippen molar-refractivity contribution < 1.29 is 9.84 Å². The van der Waals surface area contributed by atoms with Gasteiger partial charge in [-0.2, -0.15) is 0 Å². The van der Waals surface area contributed by atoms with Crippen molar-refractivity contribution in [2.45, 2.75) is 60.5 Å². The molecule has 1 saturated carbocycles. The van der Waals surface area contributed by atoms with Crippen molar-refractivity contribution >= 4 is 0 Å². The Balaban J connectivity index is 2.00. The normalized spacial score (nSPS) is 22.2. The molecular weight excluding hydrogens is 250 g/mol. The predicted octanol–water partition coefficient (Wildman–Crippen LogP) is 3.07. The van der Waals surface area contributed by atoms with E-state index in [4.69, 9.17) is 4.74 Å². The Morgan fingerprint density at radius 3 is 2.25 bits per heavy atom. The highest BCUT2D eigenvalue weighted by Gasteiger charge is 2.63. The van der Waals surface area contributed by atoms with Gasteiger partial charge in [0.1, 0.15) is 0 Å². The van der Waals surface area contributed by atoms with Crippen molar-refractivity contribution in [3.8, 4) is 0 Å². The van der Waals surface area contributed by atoms with E-state index >= 15 is 0 Å². The van der Waals surface area contributed by atoms with Crippen molar-refractivity contribution in [1.29, 1.82) is 0 Å². The summed E-state index contributed by atoms with van der Waals surface area (Å²) in [5.74, 6) is 1.43. The van der Waals surface area contributed by atoms with Gasteiger partial charge < -0.3 is 15.2 Å². The molecule has 3 heteroatoms. The summed E-state index contributed by atoms with van der Waals surface area (Å²) in [6.07, 6.45) is 1.89.